The Morgan fingerprint density at radius 1 is 1.56 bits per heavy atom. The Balaban J connectivity index is 2.26. The second kappa shape index (κ2) is 5.40. The van der Waals surface area contributed by atoms with Crippen LogP contribution in [0.5, 0.6) is 0 Å². The average Bonchev–Trinajstić information content (AvgIpc) is 2.89. The molecule has 0 saturated heterocycles. The highest BCUT2D eigenvalue weighted by atomic mass is 16.5. The third-order valence-electron chi connectivity index (χ3n) is 2.36. The lowest BCUT2D eigenvalue weighted by molar-refractivity contribution is 0.177. The molecule has 1 heterocycles. The van der Waals surface area contributed by atoms with Gasteiger partial charge in [0.2, 0.25) is 0 Å². The fourth-order valence-corrected chi connectivity index (χ4v) is 1.48. The van der Waals surface area contributed by atoms with E-state index in [4.69, 9.17) is 20.3 Å². The molecule has 1 unspecified atom stereocenters. The first-order chi connectivity index (χ1) is 8.74. The summed E-state index contributed by atoms with van der Waals surface area (Å²) in [4.78, 5) is 4.18. The molecule has 0 spiro atoms. The Morgan fingerprint density at radius 2 is 2.39 bits per heavy atom. The van der Waals surface area contributed by atoms with Crippen LogP contribution < -0.4 is 5.73 Å². The molecule has 18 heavy (non-hydrogen) atoms. The van der Waals surface area contributed by atoms with Gasteiger partial charge in [-0.15, -0.1) is 0 Å². The number of hydrogen-bond acceptors (Lipinski definition) is 6. The number of benzene rings is 1. The van der Waals surface area contributed by atoms with Crippen LogP contribution in [0.4, 0.5) is 0 Å². The maximum atomic E-state index is 8.82. The van der Waals surface area contributed by atoms with Crippen molar-refractivity contribution in [2.24, 2.45) is 5.73 Å². The molecular weight excluding hydrogens is 232 g/mol. The zero-order valence-corrected chi connectivity index (χ0v) is 9.83. The summed E-state index contributed by atoms with van der Waals surface area (Å²) >= 11 is 0. The van der Waals surface area contributed by atoms with Crippen LogP contribution in [-0.4, -0.2) is 23.9 Å². The van der Waals surface area contributed by atoms with Crippen LogP contribution in [-0.2, 0) is 4.74 Å². The van der Waals surface area contributed by atoms with Crippen molar-refractivity contribution in [1.29, 1.82) is 5.26 Å². The molecule has 0 fully saturated rings. The molecule has 1 atom stereocenters. The van der Waals surface area contributed by atoms with Crippen molar-refractivity contribution >= 4 is 0 Å². The van der Waals surface area contributed by atoms with Gasteiger partial charge in [0.1, 0.15) is 0 Å². The van der Waals surface area contributed by atoms with Gasteiger partial charge in [-0.2, -0.15) is 10.2 Å². The Labute approximate surface area is 104 Å². The highest BCUT2D eigenvalue weighted by Crippen LogP contribution is 2.19. The molecule has 0 amide bonds. The molecule has 2 aromatic rings. The Bertz CT molecular complexity index is 573. The molecule has 2 rings (SSSR count). The summed E-state index contributed by atoms with van der Waals surface area (Å²) in [6.07, 6.45) is 0. The minimum atomic E-state index is -0.424. The summed E-state index contributed by atoms with van der Waals surface area (Å²) in [5, 5.41) is 12.6. The van der Waals surface area contributed by atoms with E-state index < -0.39 is 6.04 Å². The van der Waals surface area contributed by atoms with Crippen LogP contribution in [0.15, 0.2) is 28.8 Å². The molecule has 2 N–H and O–H groups in total. The number of ether oxygens (including phenoxy) is 1. The quantitative estimate of drug-likeness (QED) is 0.869. The summed E-state index contributed by atoms with van der Waals surface area (Å²) in [5.74, 6) is 0.725. The van der Waals surface area contributed by atoms with Crippen molar-refractivity contribution in [3.05, 3.63) is 35.7 Å². The molecule has 0 bridgehead atoms. The highest BCUT2D eigenvalue weighted by Gasteiger charge is 2.15. The molecule has 0 aliphatic heterocycles. The van der Waals surface area contributed by atoms with Crippen LogP contribution in [0.25, 0.3) is 11.5 Å². The summed E-state index contributed by atoms with van der Waals surface area (Å²) < 4.78 is 10.0. The highest BCUT2D eigenvalue weighted by molar-refractivity contribution is 5.55. The fourth-order valence-electron chi connectivity index (χ4n) is 1.48. The maximum Gasteiger partial charge on any atom is 0.258 e. The lowest BCUT2D eigenvalue weighted by atomic mass is 10.1. The number of rotatable bonds is 4. The standard InChI is InChI=1S/C12H12N4O2/c1-17-7-10(14)11-15-12(18-16-11)9-4-2-3-8(5-9)6-13/h2-5,10H,7,14H2,1H3. The molecular formula is C12H12N4O2. The predicted molar refractivity (Wildman–Crippen MR) is 63.3 cm³/mol. The van der Waals surface area contributed by atoms with E-state index in [1.807, 2.05) is 0 Å². The van der Waals surface area contributed by atoms with Crippen molar-refractivity contribution in [1.82, 2.24) is 10.1 Å². The molecule has 0 radical (unpaired) electrons. The second-order valence-electron chi connectivity index (χ2n) is 3.71. The molecule has 0 aliphatic rings. The summed E-state index contributed by atoms with van der Waals surface area (Å²) in [6.45, 7) is 0.317. The van der Waals surface area contributed by atoms with E-state index in [9.17, 15) is 0 Å². The zero-order valence-electron chi connectivity index (χ0n) is 9.83. The van der Waals surface area contributed by atoms with Crippen LogP contribution in [0.2, 0.25) is 0 Å². The maximum absolute atomic E-state index is 8.82. The fraction of sp³-hybridized carbons (Fsp3) is 0.250. The van der Waals surface area contributed by atoms with Crippen molar-refractivity contribution in [2.45, 2.75) is 6.04 Å². The Morgan fingerprint density at radius 3 is 3.11 bits per heavy atom. The van der Waals surface area contributed by atoms with E-state index in [0.29, 0.717) is 29.4 Å². The third kappa shape index (κ3) is 2.53. The average molecular weight is 244 g/mol. The van der Waals surface area contributed by atoms with Gasteiger partial charge in [-0.3, -0.25) is 0 Å². The minimum absolute atomic E-state index is 0.317. The van der Waals surface area contributed by atoms with Crippen molar-refractivity contribution < 1.29 is 9.26 Å². The first-order valence-electron chi connectivity index (χ1n) is 5.33. The van der Waals surface area contributed by atoms with E-state index in [-0.39, 0.29) is 0 Å². The smallest absolute Gasteiger partial charge is 0.258 e. The summed E-state index contributed by atoms with van der Waals surface area (Å²) in [5.41, 5.74) is 7.02. The van der Waals surface area contributed by atoms with Gasteiger partial charge < -0.3 is 15.0 Å². The van der Waals surface area contributed by atoms with Gasteiger partial charge in [-0.25, -0.2) is 0 Å². The molecule has 0 saturated carbocycles. The van der Waals surface area contributed by atoms with Crippen LogP contribution in [0.3, 0.4) is 0 Å². The normalized spacial score (nSPS) is 12.1. The molecule has 92 valence electrons. The summed E-state index contributed by atoms with van der Waals surface area (Å²) in [7, 11) is 1.55. The third-order valence-corrected chi connectivity index (χ3v) is 2.36. The van der Waals surface area contributed by atoms with Crippen molar-refractivity contribution in [3.8, 4) is 17.5 Å². The van der Waals surface area contributed by atoms with E-state index in [2.05, 4.69) is 16.2 Å². The molecule has 6 nitrogen and oxygen atoms in total. The lowest BCUT2D eigenvalue weighted by Crippen LogP contribution is -2.17. The molecule has 1 aromatic heterocycles. The van der Waals surface area contributed by atoms with E-state index in [0.717, 1.165) is 0 Å². The summed E-state index contributed by atoms with van der Waals surface area (Å²) in [6, 6.07) is 8.56. The molecule has 0 aliphatic carbocycles. The van der Waals surface area contributed by atoms with Crippen molar-refractivity contribution in [2.75, 3.05) is 13.7 Å². The molecule has 6 heteroatoms. The second-order valence-corrected chi connectivity index (χ2v) is 3.71. The van der Waals surface area contributed by atoms with Gasteiger partial charge in [0.15, 0.2) is 5.82 Å². The van der Waals surface area contributed by atoms with Crippen LogP contribution in [0, 0.1) is 11.3 Å². The van der Waals surface area contributed by atoms with Gasteiger partial charge in [0.25, 0.3) is 5.89 Å². The molecule has 1 aromatic carbocycles. The number of nitrogens with two attached hydrogens (primary N) is 1. The number of nitrogens with zero attached hydrogens (tertiary/aromatic N) is 3. The number of aromatic nitrogens is 2. The van der Waals surface area contributed by atoms with Gasteiger partial charge in [-0.1, -0.05) is 11.2 Å². The van der Waals surface area contributed by atoms with Crippen LogP contribution >= 0.6 is 0 Å². The zero-order chi connectivity index (χ0) is 13.0. The number of nitriles is 1. The lowest BCUT2D eigenvalue weighted by Gasteiger charge is -2.03. The van der Waals surface area contributed by atoms with Gasteiger partial charge in [0.05, 0.1) is 24.3 Å². The number of hydrogen-bond donors (Lipinski definition) is 1. The largest absolute Gasteiger partial charge is 0.383 e. The van der Waals surface area contributed by atoms with E-state index in [1.54, 1.807) is 31.4 Å². The topological polar surface area (TPSA) is 98.0 Å². The van der Waals surface area contributed by atoms with Crippen LogP contribution in [0.1, 0.15) is 17.4 Å². The first kappa shape index (κ1) is 12.2. The number of methoxy groups -OCH3 is 1. The Hall–Kier alpha value is -2.23. The SMILES string of the molecule is COCC(N)c1noc(-c2cccc(C#N)c2)n1. The van der Waals surface area contributed by atoms with Gasteiger partial charge >= 0.3 is 0 Å². The minimum Gasteiger partial charge on any atom is -0.383 e. The van der Waals surface area contributed by atoms with Gasteiger partial charge in [0, 0.05) is 12.7 Å². The monoisotopic (exact) mass is 244 g/mol. The van der Waals surface area contributed by atoms with E-state index >= 15 is 0 Å². The van der Waals surface area contributed by atoms with Gasteiger partial charge in [-0.05, 0) is 18.2 Å². The van der Waals surface area contributed by atoms with Crippen molar-refractivity contribution in [3.63, 3.8) is 0 Å². The Kier molecular flexibility index (Phi) is 3.67. The predicted octanol–water partition coefficient (Wildman–Crippen LogP) is 1.25. The first-order valence-corrected chi connectivity index (χ1v) is 5.33. The van der Waals surface area contributed by atoms with E-state index in [1.165, 1.54) is 0 Å².